The van der Waals surface area contributed by atoms with E-state index in [1.165, 1.54) is 48.8 Å². The molecule has 6 aromatic carbocycles. The van der Waals surface area contributed by atoms with E-state index in [1.54, 1.807) is 11.8 Å². The monoisotopic (exact) mass is 542 g/mol. The Morgan fingerprint density at radius 1 is 0.538 bits per heavy atom. The Kier molecular flexibility index (Phi) is 7.75. The molecule has 0 heterocycles. The first-order valence-electron chi connectivity index (χ1n) is 13.1. The van der Waals surface area contributed by atoms with Crippen molar-refractivity contribution in [3.63, 3.8) is 0 Å². The van der Waals surface area contributed by atoms with Gasteiger partial charge in [-0.3, -0.25) is 0 Å². The van der Waals surface area contributed by atoms with Gasteiger partial charge in [-0.25, -0.2) is 0 Å². The molecule has 0 bridgehead atoms. The lowest BCUT2D eigenvalue weighted by Gasteiger charge is -2.15. The Labute approximate surface area is 238 Å². The fourth-order valence-corrected chi connectivity index (χ4v) is 6.85. The summed E-state index contributed by atoms with van der Waals surface area (Å²) in [6, 6.07) is 45.3. The van der Waals surface area contributed by atoms with Crippen molar-refractivity contribution in [2.24, 2.45) is 0 Å². The van der Waals surface area contributed by atoms with E-state index < -0.39 is 0 Å². The summed E-state index contributed by atoms with van der Waals surface area (Å²) in [7, 11) is 0. The third-order valence-electron chi connectivity index (χ3n) is 6.92. The Morgan fingerprint density at radius 2 is 1.10 bits per heavy atom. The molecule has 2 nitrogen and oxygen atoms in total. The normalized spacial score (nSPS) is 11.2. The second kappa shape index (κ2) is 11.9. The summed E-state index contributed by atoms with van der Waals surface area (Å²) in [4.78, 5) is 2.40. The van der Waals surface area contributed by atoms with Crippen LogP contribution in [0.1, 0.15) is 16.7 Å². The molecule has 0 unspecified atom stereocenters. The van der Waals surface area contributed by atoms with E-state index in [4.69, 9.17) is 5.73 Å². The minimum atomic E-state index is 0.773. The van der Waals surface area contributed by atoms with Crippen molar-refractivity contribution in [1.29, 1.82) is 0 Å². The topological polar surface area (TPSA) is 38.0 Å². The highest BCUT2D eigenvalue weighted by Gasteiger charge is 2.10. The van der Waals surface area contributed by atoms with Crippen LogP contribution in [0.3, 0.4) is 0 Å². The quantitative estimate of drug-likeness (QED) is 0.108. The van der Waals surface area contributed by atoms with Crippen LogP contribution < -0.4 is 11.1 Å². The predicted octanol–water partition coefficient (Wildman–Crippen LogP) is 9.77. The molecular weight excluding hydrogens is 513 g/mol. The van der Waals surface area contributed by atoms with Crippen LogP contribution in [0.25, 0.3) is 21.5 Å². The molecule has 0 atom stereocenters. The van der Waals surface area contributed by atoms with Gasteiger partial charge >= 0.3 is 0 Å². The van der Waals surface area contributed by atoms with Gasteiger partial charge in [0.1, 0.15) is 0 Å². The van der Waals surface area contributed by atoms with Crippen molar-refractivity contribution >= 4 is 56.4 Å². The van der Waals surface area contributed by atoms with E-state index in [0.717, 1.165) is 28.6 Å². The summed E-state index contributed by atoms with van der Waals surface area (Å²) in [5.74, 6) is 1.83. The van der Waals surface area contributed by atoms with Crippen molar-refractivity contribution < 1.29 is 0 Å². The van der Waals surface area contributed by atoms with Gasteiger partial charge in [0.05, 0.1) is 0 Å². The number of fused-ring (bicyclic) bond motifs is 2. The number of nitrogen functional groups attached to an aromatic ring is 1. The number of hydrogen-bond donors (Lipinski definition) is 2. The molecule has 0 aromatic heterocycles. The summed E-state index contributed by atoms with van der Waals surface area (Å²) in [6.45, 7) is 0.773. The largest absolute Gasteiger partial charge is 0.398 e. The molecule has 0 spiro atoms. The molecule has 0 radical (unpaired) electrons. The lowest BCUT2D eigenvalue weighted by molar-refractivity contribution is 1.16. The number of para-hydroxylation sites is 2. The number of thioether (sulfide) groups is 2. The Bertz CT molecular complexity index is 1690. The number of benzene rings is 6. The summed E-state index contributed by atoms with van der Waals surface area (Å²) >= 11 is 3.67. The maximum absolute atomic E-state index is 6.13. The second-order valence-corrected chi connectivity index (χ2v) is 11.6. The molecule has 0 amide bonds. The summed E-state index contributed by atoms with van der Waals surface area (Å²) in [5, 5.41) is 8.94. The zero-order valence-electron chi connectivity index (χ0n) is 21.6. The minimum absolute atomic E-state index is 0.773. The predicted molar refractivity (Wildman–Crippen MR) is 172 cm³/mol. The fourth-order valence-electron chi connectivity index (χ4n) is 4.96. The zero-order valence-corrected chi connectivity index (χ0v) is 23.3. The second-order valence-electron chi connectivity index (χ2n) is 9.58. The fraction of sp³-hybridized carbons (Fsp3) is 0.0857. The first-order chi connectivity index (χ1) is 19.2. The number of nitrogens with one attached hydrogen (secondary N) is 1. The van der Waals surface area contributed by atoms with Gasteiger partial charge in [0.2, 0.25) is 0 Å². The van der Waals surface area contributed by atoms with Gasteiger partial charge in [-0.2, -0.15) is 0 Å². The highest BCUT2D eigenvalue weighted by atomic mass is 32.2. The standard InChI is InChI=1S/C35H30N2S2/c36-32-16-5-7-18-34(32)38-23-25-10-9-11-26(20-25)24-39-35-19-8-6-17-33(35)37-22-31-29-14-3-1-12-27(29)21-28-13-2-4-15-30(28)31/h1-21,37H,22-24,36H2. The molecule has 3 N–H and O–H groups in total. The summed E-state index contributed by atoms with van der Waals surface area (Å²) in [5.41, 5.74) is 12.1. The number of hydrogen-bond acceptors (Lipinski definition) is 4. The van der Waals surface area contributed by atoms with E-state index in [0.29, 0.717) is 0 Å². The van der Waals surface area contributed by atoms with Crippen LogP contribution in [0.15, 0.2) is 137 Å². The van der Waals surface area contributed by atoms with Crippen LogP contribution in [0.5, 0.6) is 0 Å². The molecule has 6 rings (SSSR count). The maximum atomic E-state index is 6.13. The van der Waals surface area contributed by atoms with E-state index in [2.05, 4.69) is 115 Å². The summed E-state index contributed by atoms with van der Waals surface area (Å²) in [6.07, 6.45) is 0. The highest BCUT2D eigenvalue weighted by molar-refractivity contribution is 7.99. The summed E-state index contributed by atoms with van der Waals surface area (Å²) < 4.78 is 0. The van der Waals surface area contributed by atoms with Gasteiger partial charge in [0.25, 0.3) is 0 Å². The highest BCUT2D eigenvalue weighted by Crippen LogP contribution is 2.34. The molecule has 0 aliphatic heterocycles. The van der Waals surface area contributed by atoms with Gasteiger partial charge in [0, 0.05) is 39.2 Å². The SMILES string of the molecule is Nc1ccccc1SCc1cccc(CSc2ccccc2NCc2c3ccccc3cc3ccccc23)c1. The zero-order chi connectivity index (χ0) is 26.4. The first-order valence-corrected chi connectivity index (χ1v) is 15.1. The molecule has 192 valence electrons. The van der Waals surface area contributed by atoms with Crippen LogP contribution in [-0.2, 0) is 18.1 Å². The Balaban J connectivity index is 1.17. The van der Waals surface area contributed by atoms with Gasteiger partial charge in [-0.1, -0.05) is 97.1 Å². The Hall–Kier alpha value is -3.86. The van der Waals surface area contributed by atoms with Crippen molar-refractivity contribution in [1.82, 2.24) is 0 Å². The van der Waals surface area contributed by atoms with Crippen LogP contribution in [0, 0.1) is 0 Å². The Morgan fingerprint density at radius 3 is 1.79 bits per heavy atom. The van der Waals surface area contributed by atoms with Gasteiger partial charge in [0.15, 0.2) is 0 Å². The van der Waals surface area contributed by atoms with Gasteiger partial charge < -0.3 is 11.1 Å². The molecule has 39 heavy (non-hydrogen) atoms. The van der Waals surface area contributed by atoms with Crippen LogP contribution in [0.2, 0.25) is 0 Å². The van der Waals surface area contributed by atoms with Gasteiger partial charge in [-0.15, -0.1) is 23.5 Å². The molecular formula is C35H30N2S2. The van der Waals surface area contributed by atoms with E-state index in [9.17, 15) is 0 Å². The van der Waals surface area contributed by atoms with Crippen molar-refractivity contribution in [2.75, 3.05) is 11.1 Å². The molecule has 0 saturated carbocycles. The van der Waals surface area contributed by atoms with Crippen LogP contribution >= 0.6 is 23.5 Å². The lowest BCUT2D eigenvalue weighted by atomic mass is 9.97. The lowest BCUT2D eigenvalue weighted by Crippen LogP contribution is -2.02. The maximum Gasteiger partial charge on any atom is 0.0481 e. The minimum Gasteiger partial charge on any atom is -0.398 e. The third-order valence-corrected chi connectivity index (χ3v) is 9.23. The van der Waals surface area contributed by atoms with Crippen molar-refractivity contribution in [3.8, 4) is 0 Å². The first kappa shape index (κ1) is 25.4. The van der Waals surface area contributed by atoms with Crippen molar-refractivity contribution in [2.45, 2.75) is 27.8 Å². The molecule has 0 aliphatic rings. The third kappa shape index (κ3) is 5.93. The molecule has 4 heteroatoms. The number of anilines is 2. The van der Waals surface area contributed by atoms with Crippen LogP contribution in [0.4, 0.5) is 11.4 Å². The number of nitrogens with two attached hydrogens (primary N) is 1. The van der Waals surface area contributed by atoms with Crippen molar-refractivity contribution in [3.05, 3.63) is 144 Å². The molecule has 0 saturated heterocycles. The van der Waals surface area contributed by atoms with E-state index in [-0.39, 0.29) is 0 Å². The molecule has 6 aromatic rings. The average Bonchev–Trinajstić information content (AvgIpc) is 2.98. The molecule has 0 aliphatic carbocycles. The van der Waals surface area contributed by atoms with E-state index in [1.807, 2.05) is 30.0 Å². The average molecular weight is 543 g/mol. The van der Waals surface area contributed by atoms with Crippen LogP contribution in [-0.4, -0.2) is 0 Å². The smallest absolute Gasteiger partial charge is 0.0481 e. The van der Waals surface area contributed by atoms with E-state index >= 15 is 0 Å². The van der Waals surface area contributed by atoms with Gasteiger partial charge in [-0.05, 0) is 68.6 Å². The molecule has 0 fully saturated rings. The number of rotatable bonds is 9.